The molecule has 0 aromatic rings. The second-order valence-corrected chi connectivity index (χ2v) is 10.2. The zero-order valence-electron chi connectivity index (χ0n) is 13.8. The third kappa shape index (κ3) is 5.89. The van der Waals surface area contributed by atoms with Crippen LogP contribution in [0, 0.1) is 11.3 Å². The minimum Gasteiger partial charge on any atom is -0.321 e. The first kappa shape index (κ1) is 19.5. The molecule has 21 heavy (non-hydrogen) atoms. The van der Waals surface area contributed by atoms with Gasteiger partial charge in [0.1, 0.15) is 0 Å². The van der Waals surface area contributed by atoms with Crippen molar-refractivity contribution >= 4 is 30.1 Å². The lowest BCUT2D eigenvalue weighted by atomic mass is 10.2. The normalized spacial score (nSPS) is 25.0. The van der Waals surface area contributed by atoms with Gasteiger partial charge in [-0.3, -0.25) is 0 Å². The Morgan fingerprint density at radius 1 is 1.14 bits per heavy atom. The smallest absolute Gasteiger partial charge is 0.259 e. The molecule has 0 spiro atoms. The van der Waals surface area contributed by atoms with Crippen LogP contribution in [0.1, 0.15) is 48.0 Å². The molecule has 0 saturated carbocycles. The minimum absolute atomic E-state index is 0.202. The Labute approximate surface area is 138 Å². The molecule has 0 bridgehead atoms. The molecule has 1 saturated heterocycles. The molecule has 4 nitrogen and oxygen atoms in total. The molecular weight excluding hydrogens is 323 g/mol. The van der Waals surface area contributed by atoms with Crippen LogP contribution in [0.5, 0.6) is 0 Å². The topological polar surface area (TPSA) is 45.5 Å². The summed E-state index contributed by atoms with van der Waals surface area (Å²) < 4.78 is 14.6. The Hall–Kier alpha value is 0.500. The largest absolute Gasteiger partial charge is 0.321 e. The van der Waals surface area contributed by atoms with Gasteiger partial charge in [-0.1, -0.05) is 21.6 Å². The van der Waals surface area contributed by atoms with Gasteiger partial charge in [-0.2, -0.15) is 5.26 Å². The zero-order valence-corrected chi connectivity index (χ0v) is 16.3. The summed E-state index contributed by atoms with van der Waals surface area (Å²) in [6, 6.07) is 2.84. The van der Waals surface area contributed by atoms with Gasteiger partial charge in [0.05, 0.1) is 25.2 Å². The lowest BCUT2D eigenvalue weighted by Gasteiger charge is -2.37. The standard InChI is InChI=1S/C14H27N2O2PS2/c1-10(2)16(11(3)4)19(17-9-7-8-15)18-14-12(5)20-21-13(14)6/h10-14H,7,9H2,1-6H3/t12-,13-,19?/m1/s1. The minimum atomic E-state index is -1.12. The van der Waals surface area contributed by atoms with Crippen LogP contribution in [0.4, 0.5) is 0 Å². The molecular formula is C14H27N2O2PS2. The summed E-state index contributed by atoms with van der Waals surface area (Å²) in [5.41, 5.74) is 0. The zero-order chi connectivity index (χ0) is 16.0. The van der Waals surface area contributed by atoms with Crippen LogP contribution < -0.4 is 0 Å². The summed E-state index contributed by atoms with van der Waals surface area (Å²) in [4.78, 5) is 0. The average molecular weight is 350 g/mol. The quantitative estimate of drug-likeness (QED) is 0.355. The Kier molecular flexibility index (Phi) is 8.93. The summed E-state index contributed by atoms with van der Waals surface area (Å²) >= 11 is 0. The maximum Gasteiger partial charge on any atom is 0.259 e. The van der Waals surface area contributed by atoms with Gasteiger partial charge in [-0.05, 0) is 41.5 Å². The highest BCUT2D eigenvalue weighted by Crippen LogP contribution is 2.53. The fourth-order valence-corrected chi connectivity index (χ4v) is 7.24. The monoisotopic (exact) mass is 350 g/mol. The van der Waals surface area contributed by atoms with E-state index in [0.29, 0.717) is 35.6 Å². The summed E-state index contributed by atoms with van der Waals surface area (Å²) in [6.45, 7) is 13.5. The lowest BCUT2D eigenvalue weighted by Crippen LogP contribution is -2.36. The van der Waals surface area contributed by atoms with Gasteiger partial charge < -0.3 is 9.05 Å². The van der Waals surface area contributed by atoms with Gasteiger partial charge in [-0.15, -0.1) is 0 Å². The van der Waals surface area contributed by atoms with Crippen LogP contribution >= 0.6 is 30.1 Å². The van der Waals surface area contributed by atoms with Crippen molar-refractivity contribution in [2.45, 2.75) is 76.7 Å². The molecule has 0 radical (unpaired) electrons. The van der Waals surface area contributed by atoms with E-state index in [-0.39, 0.29) is 6.10 Å². The highest BCUT2D eigenvalue weighted by atomic mass is 33.1. The van der Waals surface area contributed by atoms with Crippen molar-refractivity contribution in [3.05, 3.63) is 0 Å². The first-order valence-corrected chi connectivity index (χ1v) is 10.9. The van der Waals surface area contributed by atoms with Crippen molar-refractivity contribution in [1.82, 2.24) is 4.67 Å². The first-order valence-electron chi connectivity index (χ1n) is 7.45. The van der Waals surface area contributed by atoms with Crippen LogP contribution in [-0.2, 0) is 9.05 Å². The molecule has 3 atom stereocenters. The molecule has 0 N–H and O–H groups in total. The first-order chi connectivity index (χ1) is 9.88. The van der Waals surface area contributed by atoms with Gasteiger partial charge in [-0.25, -0.2) is 4.67 Å². The number of hydrogen-bond acceptors (Lipinski definition) is 6. The number of nitrogens with zero attached hydrogens (tertiary/aromatic N) is 2. The molecule has 7 heteroatoms. The molecule has 1 aliphatic heterocycles. The lowest BCUT2D eigenvalue weighted by molar-refractivity contribution is 0.134. The molecule has 122 valence electrons. The van der Waals surface area contributed by atoms with Crippen molar-refractivity contribution in [2.24, 2.45) is 0 Å². The van der Waals surface area contributed by atoms with Crippen LogP contribution in [0.25, 0.3) is 0 Å². The summed E-state index contributed by atoms with van der Waals surface area (Å²) in [5, 5.41) is 9.66. The van der Waals surface area contributed by atoms with E-state index >= 15 is 0 Å². The Morgan fingerprint density at radius 2 is 1.67 bits per heavy atom. The summed E-state index contributed by atoms with van der Waals surface area (Å²) in [7, 11) is 2.65. The molecule has 0 aromatic carbocycles. The average Bonchev–Trinajstić information content (AvgIpc) is 2.69. The molecule has 1 aliphatic rings. The Morgan fingerprint density at radius 3 is 2.10 bits per heavy atom. The maximum absolute atomic E-state index is 8.72. The van der Waals surface area contributed by atoms with E-state index in [4.69, 9.17) is 14.3 Å². The van der Waals surface area contributed by atoms with E-state index in [1.165, 1.54) is 0 Å². The molecule has 0 aromatic heterocycles. The SMILES string of the molecule is CC(C)N(C(C)C)P(OCCC#N)OC1[C@@H](C)SS[C@@H]1C. The predicted molar refractivity (Wildman–Crippen MR) is 94.2 cm³/mol. The second kappa shape index (κ2) is 9.60. The van der Waals surface area contributed by atoms with E-state index in [1.54, 1.807) is 0 Å². The molecule has 1 fully saturated rings. The van der Waals surface area contributed by atoms with Crippen molar-refractivity contribution in [3.63, 3.8) is 0 Å². The molecule has 0 aliphatic carbocycles. The van der Waals surface area contributed by atoms with Crippen molar-refractivity contribution in [2.75, 3.05) is 6.61 Å². The van der Waals surface area contributed by atoms with Gasteiger partial charge in [0, 0.05) is 22.6 Å². The van der Waals surface area contributed by atoms with E-state index in [1.807, 2.05) is 21.6 Å². The van der Waals surface area contributed by atoms with Gasteiger partial charge >= 0.3 is 0 Å². The summed E-state index contributed by atoms with van der Waals surface area (Å²) in [6.07, 6.45) is 0.610. The van der Waals surface area contributed by atoms with Crippen molar-refractivity contribution < 1.29 is 9.05 Å². The maximum atomic E-state index is 8.72. The van der Waals surface area contributed by atoms with Crippen LogP contribution in [0.2, 0.25) is 0 Å². The fraction of sp³-hybridized carbons (Fsp3) is 0.929. The van der Waals surface area contributed by atoms with Gasteiger partial charge in [0.15, 0.2) is 0 Å². The van der Waals surface area contributed by atoms with Gasteiger partial charge in [0.2, 0.25) is 0 Å². The molecule has 0 amide bonds. The highest BCUT2D eigenvalue weighted by molar-refractivity contribution is 8.77. The van der Waals surface area contributed by atoms with Crippen LogP contribution in [-0.4, -0.2) is 40.0 Å². The van der Waals surface area contributed by atoms with E-state index < -0.39 is 8.53 Å². The second-order valence-electron chi connectivity index (χ2n) is 5.72. The van der Waals surface area contributed by atoms with Gasteiger partial charge in [0.25, 0.3) is 8.53 Å². The highest BCUT2D eigenvalue weighted by Gasteiger charge is 2.38. The fourth-order valence-electron chi connectivity index (χ4n) is 2.24. The van der Waals surface area contributed by atoms with Crippen molar-refractivity contribution in [1.29, 1.82) is 5.26 Å². The third-order valence-corrected chi connectivity index (χ3v) is 8.70. The van der Waals surface area contributed by atoms with Crippen molar-refractivity contribution in [3.8, 4) is 6.07 Å². The molecule has 1 rings (SSSR count). The van der Waals surface area contributed by atoms with Crippen LogP contribution in [0.3, 0.4) is 0 Å². The summed E-state index contributed by atoms with van der Waals surface area (Å²) in [5.74, 6) is 0. The Balaban J connectivity index is 2.77. The predicted octanol–water partition coefficient (Wildman–Crippen LogP) is 4.82. The molecule has 1 heterocycles. The van der Waals surface area contributed by atoms with E-state index in [0.717, 1.165) is 0 Å². The number of hydrogen-bond donors (Lipinski definition) is 0. The Bertz CT molecular complexity index is 334. The third-order valence-electron chi connectivity index (χ3n) is 3.16. The molecule has 1 unspecified atom stereocenters. The number of rotatable bonds is 8. The van der Waals surface area contributed by atoms with E-state index in [9.17, 15) is 0 Å². The van der Waals surface area contributed by atoms with Crippen LogP contribution in [0.15, 0.2) is 0 Å². The van der Waals surface area contributed by atoms with E-state index in [2.05, 4.69) is 52.3 Å². The number of nitriles is 1.